The summed E-state index contributed by atoms with van der Waals surface area (Å²) in [4.78, 5) is 15.3. The zero-order valence-corrected chi connectivity index (χ0v) is 13.1. The Morgan fingerprint density at radius 3 is 2.18 bits per heavy atom. The lowest BCUT2D eigenvalue weighted by Crippen LogP contribution is -2.46. The fourth-order valence-corrected chi connectivity index (χ4v) is 1.44. The minimum atomic E-state index is -4.84. The predicted octanol–water partition coefficient (Wildman–Crippen LogP) is 2.40. The molecule has 1 aromatic heterocycles. The van der Waals surface area contributed by atoms with Gasteiger partial charge in [-0.3, -0.25) is 4.79 Å². The number of nitrogens with zero attached hydrogens (tertiary/aromatic N) is 1. The van der Waals surface area contributed by atoms with E-state index < -0.39 is 47.2 Å². The summed E-state index contributed by atoms with van der Waals surface area (Å²) < 4.78 is 43.9. The monoisotopic (exact) mass is 323 g/mol. The summed E-state index contributed by atoms with van der Waals surface area (Å²) in [5, 5.41) is 14.0. The Labute approximate surface area is 126 Å². The molecule has 0 saturated heterocycles. The minimum absolute atomic E-state index is 0.397. The Hall–Kier alpha value is -1.77. The Balaban J connectivity index is 3.19. The number of hydrogen-bond donors (Lipinski definition) is 3. The molecule has 0 radical (unpaired) electrons. The van der Waals surface area contributed by atoms with Crippen molar-refractivity contribution in [3.8, 4) is 0 Å². The molecule has 0 atom stereocenters. The van der Waals surface area contributed by atoms with Crippen LogP contribution in [-0.4, -0.2) is 33.7 Å². The average molecular weight is 323 g/mol. The molecule has 6 nitrogen and oxygen atoms in total. The first-order valence-corrected chi connectivity index (χ1v) is 6.55. The summed E-state index contributed by atoms with van der Waals surface area (Å²) in [6, 6.07) is -0.397. The normalized spacial score (nSPS) is 13.1. The van der Waals surface area contributed by atoms with Gasteiger partial charge in [0.05, 0.1) is 12.1 Å². The van der Waals surface area contributed by atoms with Crippen molar-refractivity contribution in [2.24, 2.45) is 0 Å². The number of anilines is 1. The van der Waals surface area contributed by atoms with E-state index in [1.54, 1.807) is 20.8 Å². The van der Waals surface area contributed by atoms with E-state index in [9.17, 15) is 18.0 Å². The van der Waals surface area contributed by atoms with Gasteiger partial charge in [0.1, 0.15) is 0 Å². The molecule has 126 valence electrons. The fraction of sp³-hybridized carbons (Fsp3) is 0.692. The topological polar surface area (TPSA) is 87.4 Å². The number of aliphatic hydroxyl groups is 1. The average Bonchev–Trinajstić information content (AvgIpc) is 2.69. The molecule has 9 heteroatoms. The van der Waals surface area contributed by atoms with Crippen molar-refractivity contribution in [2.75, 3.05) is 11.9 Å². The Morgan fingerprint density at radius 2 is 1.77 bits per heavy atom. The first kappa shape index (κ1) is 18.3. The van der Waals surface area contributed by atoms with Gasteiger partial charge < -0.3 is 20.2 Å². The van der Waals surface area contributed by atoms with Gasteiger partial charge in [-0.25, -0.2) is 0 Å². The number of hydrogen-bond acceptors (Lipinski definition) is 5. The van der Waals surface area contributed by atoms with Gasteiger partial charge in [-0.1, -0.05) is 0 Å². The predicted molar refractivity (Wildman–Crippen MR) is 73.5 cm³/mol. The zero-order chi connectivity index (χ0) is 17.3. The molecule has 0 aliphatic rings. The number of alkyl halides is 3. The van der Waals surface area contributed by atoms with E-state index in [0.29, 0.717) is 0 Å². The van der Waals surface area contributed by atoms with Gasteiger partial charge in [0, 0.05) is 5.54 Å². The van der Waals surface area contributed by atoms with E-state index in [0.717, 1.165) is 0 Å². The summed E-state index contributed by atoms with van der Waals surface area (Å²) >= 11 is 0. The second-order valence-corrected chi connectivity index (χ2v) is 6.57. The van der Waals surface area contributed by atoms with Crippen molar-refractivity contribution in [1.29, 1.82) is 0 Å². The number of nitrogens with one attached hydrogen (secondary N) is 2. The van der Waals surface area contributed by atoms with Crippen LogP contribution in [0.25, 0.3) is 0 Å². The molecular weight excluding hydrogens is 303 g/mol. The molecule has 0 aliphatic heterocycles. The molecule has 0 aliphatic carbocycles. The number of aromatic nitrogens is 1. The van der Waals surface area contributed by atoms with Crippen molar-refractivity contribution in [1.82, 2.24) is 10.3 Å². The van der Waals surface area contributed by atoms with Crippen LogP contribution in [0.3, 0.4) is 0 Å². The van der Waals surface area contributed by atoms with Gasteiger partial charge in [-0.05, 0) is 34.6 Å². The Kier molecular flexibility index (Phi) is 4.81. The number of carbonyl (C=O) groups is 1. The van der Waals surface area contributed by atoms with E-state index in [1.807, 2.05) is 0 Å². The summed E-state index contributed by atoms with van der Waals surface area (Å²) in [6.07, 6.45) is -4.84. The Morgan fingerprint density at radius 1 is 1.23 bits per heavy atom. The lowest BCUT2D eigenvalue weighted by Gasteiger charge is -2.22. The highest BCUT2D eigenvalue weighted by atomic mass is 19.4. The molecule has 0 unspecified atom stereocenters. The van der Waals surface area contributed by atoms with Crippen LogP contribution < -0.4 is 10.6 Å². The molecule has 1 aromatic rings. The standard InChI is InChI=1S/C13H20F3N3O3/c1-11(2,3)19-10-17-8(13(14,15)16)7(22-10)9(21)18-12(4,5)6-20/h20H,6H2,1-5H3,(H,17,19)(H,18,21). The SMILES string of the molecule is CC(C)(C)Nc1nc(C(F)(F)F)c(C(=O)NC(C)(C)CO)o1. The van der Waals surface area contributed by atoms with Crippen molar-refractivity contribution >= 4 is 11.9 Å². The number of aliphatic hydroxyl groups excluding tert-OH is 1. The molecule has 3 N–H and O–H groups in total. The van der Waals surface area contributed by atoms with Gasteiger partial charge >= 0.3 is 6.18 Å². The third-order valence-corrected chi connectivity index (χ3v) is 2.43. The third kappa shape index (κ3) is 4.90. The Bertz CT molecular complexity index is 545. The third-order valence-electron chi connectivity index (χ3n) is 2.43. The van der Waals surface area contributed by atoms with Gasteiger partial charge in [0.15, 0.2) is 5.69 Å². The van der Waals surface area contributed by atoms with Crippen molar-refractivity contribution in [3.05, 3.63) is 11.5 Å². The summed E-state index contributed by atoms with van der Waals surface area (Å²) in [7, 11) is 0. The second-order valence-electron chi connectivity index (χ2n) is 6.57. The second kappa shape index (κ2) is 5.79. The number of oxazole rings is 1. The molecule has 22 heavy (non-hydrogen) atoms. The van der Waals surface area contributed by atoms with Crippen molar-refractivity contribution in [3.63, 3.8) is 0 Å². The largest absolute Gasteiger partial charge is 0.437 e. The first-order valence-electron chi connectivity index (χ1n) is 6.55. The van der Waals surface area contributed by atoms with Crippen LogP contribution in [0, 0.1) is 0 Å². The van der Waals surface area contributed by atoms with Crippen LogP contribution in [-0.2, 0) is 6.18 Å². The molecular formula is C13H20F3N3O3. The fourth-order valence-electron chi connectivity index (χ4n) is 1.44. The van der Waals surface area contributed by atoms with Crippen LogP contribution in [0.1, 0.15) is 50.9 Å². The number of rotatable bonds is 4. The molecule has 0 bridgehead atoms. The first-order chi connectivity index (χ1) is 9.75. The highest BCUT2D eigenvalue weighted by Crippen LogP contribution is 2.33. The van der Waals surface area contributed by atoms with Gasteiger partial charge in [-0.15, -0.1) is 0 Å². The molecule has 1 heterocycles. The maximum Gasteiger partial charge on any atom is 0.437 e. The van der Waals surface area contributed by atoms with E-state index in [4.69, 9.17) is 9.52 Å². The van der Waals surface area contributed by atoms with Gasteiger partial charge in [0.2, 0.25) is 5.76 Å². The van der Waals surface area contributed by atoms with E-state index in [1.165, 1.54) is 13.8 Å². The van der Waals surface area contributed by atoms with E-state index in [2.05, 4.69) is 15.6 Å². The van der Waals surface area contributed by atoms with Crippen molar-refractivity contribution in [2.45, 2.75) is 51.9 Å². The maximum atomic E-state index is 13.0. The molecule has 0 saturated carbocycles. The van der Waals surface area contributed by atoms with E-state index >= 15 is 0 Å². The quantitative estimate of drug-likeness (QED) is 0.792. The van der Waals surface area contributed by atoms with Gasteiger partial charge in [0.25, 0.3) is 11.9 Å². The zero-order valence-electron chi connectivity index (χ0n) is 13.1. The van der Waals surface area contributed by atoms with Crippen molar-refractivity contribution < 1.29 is 27.5 Å². The molecule has 0 fully saturated rings. The molecule has 1 amide bonds. The smallest absolute Gasteiger partial charge is 0.418 e. The summed E-state index contributed by atoms with van der Waals surface area (Å²) in [5.41, 5.74) is -3.10. The number of carbonyl (C=O) groups excluding carboxylic acids is 1. The summed E-state index contributed by atoms with van der Waals surface area (Å²) in [5.74, 6) is -2.04. The van der Waals surface area contributed by atoms with Crippen LogP contribution in [0.5, 0.6) is 0 Å². The summed E-state index contributed by atoms with van der Waals surface area (Å²) in [6.45, 7) is 7.60. The maximum absolute atomic E-state index is 13.0. The van der Waals surface area contributed by atoms with Crippen LogP contribution in [0.15, 0.2) is 4.42 Å². The lowest BCUT2D eigenvalue weighted by molar-refractivity contribution is -0.141. The highest BCUT2D eigenvalue weighted by molar-refractivity contribution is 5.93. The van der Waals surface area contributed by atoms with Crippen LogP contribution in [0.2, 0.25) is 0 Å². The lowest BCUT2D eigenvalue weighted by atomic mass is 10.1. The van der Waals surface area contributed by atoms with E-state index in [-0.39, 0.29) is 0 Å². The number of halogens is 3. The van der Waals surface area contributed by atoms with Crippen LogP contribution >= 0.6 is 0 Å². The molecule has 1 rings (SSSR count). The molecule has 0 spiro atoms. The molecule has 0 aromatic carbocycles. The van der Waals surface area contributed by atoms with Gasteiger partial charge in [-0.2, -0.15) is 18.2 Å². The minimum Gasteiger partial charge on any atom is -0.418 e. The highest BCUT2D eigenvalue weighted by Gasteiger charge is 2.42. The number of amides is 1. The van der Waals surface area contributed by atoms with Crippen LogP contribution in [0.4, 0.5) is 19.2 Å².